The van der Waals surface area contributed by atoms with Gasteiger partial charge in [0.25, 0.3) is 5.91 Å². The molecule has 0 N–H and O–H groups in total. The fourth-order valence-electron chi connectivity index (χ4n) is 6.75. The fraction of sp³-hybridized carbons (Fsp3) is 0.576. The maximum absolute atomic E-state index is 13.7. The van der Waals surface area contributed by atoms with E-state index in [1.54, 1.807) is 0 Å². The van der Waals surface area contributed by atoms with E-state index in [9.17, 15) is 35.9 Å². The largest absolute Gasteiger partial charge is 0.416 e. The highest BCUT2D eigenvalue weighted by Gasteiger charge is 2.42. The Kier molecular flexibility index (Phi) is 9.30. The van der Waals surface area contributed by atoms with Gasteiger partial charge in [0, 0.05) is 74.9 Å². The third-order valence-corrected chi connectivity index (χ3v) is 9.27. The summed E-state index contributed by atoms with van der Waals surface area (Å²) in [4.78, 5) is 34.4. The van der Waals surface area contributed by atoms with Gasteiger partial charge in [0.15, 0.2) is 0 Å². The highest BCUT2D eigenvalue weighted by Crippen LogP contribution is 2.37. The van der Waals surface area contributed by atoms with Crippen LogP contribution in [0.1, 0.15) is 60.7 Å². The number of halogens is 6. The van der Waals surface area contributed by atoms with Crippen molar-refractivity contribution in [2.24, 2.45) is 5.41 Å². The van der Waals surface area contributed by atoms with Crippen LogP contribution >= 0.6 is 0 Å². The number of hydrogen-bond acceptors (Lipinski definition) is 4. The highest BCUT2D eigenvalue weighted by molar-refractivity contribution is 5.95. The van der Waals surface area contributed by atoms with Crippen molar-refractivity contribution in [3.63, 3.8) is 0 Å². The van der Waals surface area contributed by atoms with Crippen molar-refractivity contribution in [2.75, 3.05) is 45.8 Å². The second-order valence-corrected chi connectivity index (χ2v) is 13.5. The standard InChI is InChI=1S/C33H40F6N4O2/c1-31(2,3)30(45)42-20-28(21-42)41-13-11-40(12-14-41)26-9-10-43(27(19-26)15-22-7-5-4-6-8-22)29(44)23-16-24(32(34,35)36)18-25(17-23)33(37,38)39/h4-8,16-18,26-28H,9-15,19-21H2,1-3H3/t26-,27+/m0/s1. The van der Waals surface area contributed by atoms with Crippen molar-refractivity contribution in [3.05, 3.63) is 70.8 Å². The van der Waals surface area contributed by atoms with Crippen molar-refractivity contribution in [2.45, 2.75) is 70.5 Å². The first-order valence-electron chi connectivity index (χ1n) is 15.4. The first-order chi connectivity index (χ1) is 21.0. The lowest BCUT2D eigenvalue weighted by molar-refractivity contribution is -0.148. The van der Waals surface area contributed by atoms with E-state index >= 15 is 0 Å². The van der Waals surface area contributed by atoms with E-state index < -0.39 is 46.4 Å². The van der Waals surface area contributed by atoms with E-state index in [2.05, 4.69) is 9.80 Å². The van der Waals surface area contributed by atoms with Crippen molar-refractivity contribution in [1.82, 2.24) is 19.6 Å². The minimum Gasteiger partial charge on any atom is -0.339 e. The number of benzene rings is 2. The number of likely N-dealkylation sites (tertiary alicyclic amines) is 2. The van der Waals surface area contributed by atoms with Gasteiger partial charge >= 0.3 is 12.4 Å². The summed E-state index contributed by atoms with van der Waals surface area (Å²) in [6.45, 7) is 10.7. The normalized spacial score (nSPS) is 22.8. The molecule has 0 radical (unpaired) electrons. The smallest absolute Gasteiger partial charge is 0.339 e. The van der Waals surface area contributed by atoms with Crippen LogP contribution in [0.25, 0.3) is 0 Å². The molecule has 12 heteroatoms. The van der Waals surface area contributed by atoms with Crippen molar-refractivity contribution in [1.29, 1.82) is 0 Å². The Bertz CT molecular complexity index is 1330. The summed E-state index contributed by atoms with van der Waals surface area (Å²) in [5.74, 6) is -0.668. The zero-order valence-electron chi connectivity index (χ0n) is 25.8. The number of nitrogens with zero attached hydrogens (tertiary/aromatic N) is 4. The number of carbonyl (C=O) groups excluding carboxylic acids is 2. The average molecular weight is 639 g/mol. The van der Waals surface area contributed by atoms with Gasteiger partial charge in [-0.15, -0.1) is 0 Å². The third kappa shape index (κ3) is 7.65. The molecule has 2 amide bonds. The Labute approximate surface area is 259 Å². The molecule has 3 aliphatic rings. The SMILES string of the molecule is CC(C)(C)C(=O)N1CC(N2CCN([C@H]3CCN(C(=O)c4cc(C(F)(F)F)cc(C(F)(F)F)c4)[C@H](Cc4ccccc4)C3)CC2)C1. The summed E-state index contributed by atoms with van der Waals surface area (Å²) >= 11 is 0. The van der Waals surface area contributed by atoms with Crippen molar-refractivity contribution >= 4 is 11.8 Å². The molecule has 2 atom stereocenters. The molecule has 0 spiro atoms. The van der Waals surface area contributed by atoms with Crippen molar-refractivity contribution in [3.8, 4) is 0 Å². The lowest BCUT2D eigenvalue weighted by Crippen LogP contribution is -2.66. The Morgan fingerprint density at radius 3 is 1.80 bits per heavy atom. The molecule has 6 nitrogen and oxygen atoms in total. The maximum atomic E-state index is 13.7. The molecular weight excluding hydrogens is 598 g/mol. The topological polar surface area (TPSA) is 47.1 Å². The molecule has 3 aliphatic heterocycles. The van der Waals surface area contributed by atoms with Crippen LogP contribution < -0.4 is 0 Å². The highest BCUT2D eigenvalue weighted by atomic mass is 19.4. The number of hydrogen-bond donors (Lipinski definition) is 0. The first kappa shape index (κ1) is 33.2. The average Bonchev–Trinajstić information content (AvgIpc) is 2.95. The number of alkyl halides is 6. The Morgan fingerprint density at radius 2 is 1.29 bits per heavy atom. The van der Waals surface area contributed by atoms with E-state index in [0.29, 0.717) is 37.4 Å². The second kappa shape index (κ2) is 12.6. The molecule has 0 unspecified atom stereocenters. The number of rotatable bonds is 5. The molecule has 2 aromatic rings. The van der Waals surface area contributed by atoms with Crippen LogP contribution in [0.3, 0.4) is 0 Å². The minimum atomic E-state index is -5.03. The van der Waals surface area contributed by atoms with Crippen LogP contribution in [0.5, 0.6) is 0 Å². The van der Waals surface area contributed by atoms with Crippen LogP contribution in [0.2, 0.25) is 0 Å². The molecule has 3 fully saturated rings. The quantitative estimate of drug-likeness (QED) is 0.388. The van der Waals surface area contributed by atoms with Gasteiger partial charge < -0.3 is 9.80 Å². The van der Waals surface area contributed by atoms with E-state index in [4.69, 9.17) is 0 Å². The number of carbonyl (C=O) groups is 2. The molecule has 45 heavy (non-hydrogen) atoms. The van der Waals surface area contributed by atoms with E-state index in [1.165, 1.54) is 4.90 Å². The second-order valence-electron chi connectivity index (χ2n) is 13.5. The Morgan fingerprint density at radius 1 is 0.756 bits per heavy atom. The van der Waals surface area contributed by atoms with Crippen molar-refractivity contribution < 1.29 is 35.9 Å². The van der Waals surface area contributed by atoms with Crippen LogP contribution in [0.15, 0.2) is 48.5 Å². The summed E-state index contributed by atoms with van der Waals surface area (Å²) < 4.78 is 81.3. The van der Waals surface area contributed by atoms with Gasteiger partial charge in [0.05, 0.1) is 11.1 Å². The zero-order valence-corrected chi connectivity index (χ0v) is 25.8. The summed E-state index contributed by atoms with van der Waals surface area (Å²) in [7, 11) is 0. The number of piperidine rings is 1. The fourth-order valence-corrected chi connectivity index (χ4v) is 6.75. The zero-order chi connectivity index (χ0) is 32.7. The molecule has 0 bridgehead atoms. The molecule has 0 aliphatic carbocycles. The van der Waals surface area contributed by atoms with Crippen LogP contribution in [-0.2, 0) is 23.6 Å². The Hall–Kier alpha value is -3.12. The molecule has 2 aromatic carbocycles. The molecular formula is C33H40F6N4O2. The monoisotopic (exact) mass is 638 g/mol. The maximum Gasteiger partial charge on any atom is 0.416 e. The van der Waals surface area contributed by atoms with E-state index in [-0.39, 0.29) is 24.6 Å². The van der Waals surface area contributed by atoms with Gasteiger partial charge in [-0.2, -0.15) is 26.3 Å². The number of amides is 2. The summed E-state index contributed by atoms with van der Waals surface area (Å²) in [5, 5.41) is 0. The lowest BCUT2D eigenvalue weighted by atomic mass is 9.89. The first-order valence-corrected chi connectivity index (χ1v) is 15.4. The molecule has 5 rings (SSSR count). The van der Waals surface area contributed by atoms with Gasteiger partial charge in [-0.3, -0.25) is 19.4 Å². The summed E-state index contributed by atoms with van der Waals surface area (Å²) in [5.41, 5.74) is -3.07. The third-order valence-electron chi connectivity index (χ3n) is 9.27. The molecule has 3 heterocycles. The van der Waals surface area contributed by atoms with Crippen LogP contribution in [0, 0.1) is 5.41 Å². The predicted molar refractivity (Wildman–Crippen MR) is 157 cm³/mol. The van der Waals surface area contributed by atoms with E-state index in [1.807, 2.05) is 56.0 Å². The van der Waals surface area contributed by atoms with Gasteiger partial charge in [0.2, 0.25) is 5.91 Å². The Balaban J connectivity index is 1.28. The lowest BCUT2D eigenvalue weighted by Gasteiger charge is -2.51. The number of piperazine rings is 1. The molecule has 0 saturated carbocycles. The predicted octanol–water partition coefficient (Wildman–Crippen LogP) is 5.81. The summed E-state index contributed by atoms with van der Waals surface area (Å²) in [6, 6.07) is 10.6. The van der Waals surface area contributed by atoms with Gasteiger partial charge in [-0.25, -0.2) is 0 Å². The van der Waals surface area contributed by atoms with Gasteiger partial charge in [-0.05, 0) is 43.0 Å². The van der Waals surface area contributed by atoms with Gasteiger partial charge in [0.1, 0.15) is 0 Å². The van der Waals surface area contributed by atoms with E-state index in [0.717, 1.165) is 44.8 Å². The van der Waals surface area contributed by atoms with Crippen LogP contribution in [-0.4, -0.2) is 95.4 Å². The minimum absolute atomic E-state index is 0.0493. The molecule has 3 saturated heterocycles. The summed E-state index contributed by atoms with van der Waals surface area (Å²) in [6.07, 6.45) is -8.50. The molecule has 0 aromatic heterocycles. The van der Waals surface area contributed by atoms with Crippen LogP contribution in [0.4, 0.5) is 26.3 Å². The van der Waals surface area contributed by atoms with Gasteiger partial charge in [-0.1, -0.05) is 51.1 Å². The molecule has 246 valence electrons.